The Morgan fingerprint density at radius 1 is 0.537 bits per heavy atom. The van der Waals surface area contributed by atoms with E-state index in [1.165, 1.54) is 63.3 Å². The van der Waals surface area contributed by atoms with Crippen molar-refractivity contribution in [1.82, 2.24) is 4.57 Å². The molecule has 0 spiro atoms. The van der Waals surface area contributed by atoms with E-state index in [1.54, 1.807) is 0 Å². The fraction of sp³-hybridized carbons (Fsp3) is 0.211. The van der Waals surface area contributed by atoms with Crippen LogP contribution in [-0.2, 0) is 0 Å². The molecule has 6 rings (SSSR count). The van der Waals surface area contributed by atoms with E-state index >= 15 is 0 Å². The predicted octanol–water partition coefficient (Wildman–Crippen LogP) is 9.83. The van der Waals surface area contributed by atoms with Gasteiger partial charge >= 0.3 is 0 Å². The molecule has 0 aliphatic heterocycles. The Morgan fingerprint density at radius 2 is 1.20 bits per heavy atom. The first kappa shape index (κ1) is 26.9. The van der Waals surface area contributed by atoms with Gasteiger partial charge in [0.25, 0.3) is 0 Å². The van der Waals surface area contributed by atoms with Crippen LogP contribution in [-0.4, -0.2) is 22.9 Å². The average molecular weight is 540 g/mol. The molecular weight excluding hydrogens is 502 g/mol. The third-order valence-corrected chi connectivity index (χ3v) is 7.89. The fourth-order valence-corrected chi connectivity index (χ4v) is 5.82. The van der Waals surface area contributed by atoms with Gasteiger partial charge in [-0.3, -0.25) is 0 Å². The zero-order valence-corrected chi connectivity index (χ0v) is 23.5. The van der Waals surface area contributed by atoms with Crippen LogP contribution in [0.1, 0.15) is 38.5 Å². The molecule has 0 amide bonds. The van der Waals surface area contributed by atoms with E-state index in [4.69, 9.17) is 9.84 Å². The average Bonchev–Trinajstić information content (AvgIpc) is 3.38. The summed E-state index contributed by atoms with van der Waals surface area (Å²) in [7, 11) is 0. The number of rotatable bonds is 12. The predicted molar refractivity (Wildman–Crippen MR) is 172 cm³/mol. The van der Waals surface area contributed by atoms with E-state index in [1.807, 2.05) is 0 Å². The summed E-state index contributed by atoms with van der Waals surface area (Å²) in [6, 6.07) is 43.3. The number of para-hydroxylation sites is 2. The van der Waals surface area contributed by atoms with E-state index < -0.39 is 0 Å². The van der Waals surface area contributed by atoms with Gasteiger partial charge in [0.2, 0.25) is 0 Å². The van der Waals surface area contributed by atoms with Gasteiger partial charge < -0.3 is 14.4 Å². The molecule has 5 aromatic carbocycles. The summed E-state index contributed by atoms with van der Waals surface area (Å²) < 4.78 is 8.47. The van der Waals surface area contributed by atoms with Crippen molar-refractivity contribution in [3.63, 3.8) is 0 Å². The van der Waals surface area contributed by atoms with Gasteiger partial charge in [-0.1, -0.05) is 111 Å². The highest BCUT2D eigenvalue weighted by molar-refractivity contribution is 6.13. The minimum atomic E-state index is 0.302. The molecule has 3 nitrogen and oxygen atoms in total. The Hall–Kier alpha value is -4.34. The van der Waals surface area contributed by atoms with Crippen molar-refractivity contribution in [3.05, 3.63) is 121 Å². The number of benzene rings is 5. The topological polar surface area (TPSA) is 34.4 Å². The molecule has 1 N–H and O–H groups in total. The van der Waals surface area contributed by atoms with Gasteiger partial charge in [-0.05, 0) is 65.9 Å². The Balaban J connectivity index is 1.31. The van der Waals surface area contributed by atoms with E-state index in [2.05, 4.69) is 126 Å². The maximum Gasteiger partial charge on any atom is 0.119 e. The molecule has 0 atom stereocenters. The number of fused-ring (bicyclic) bond motifs is 3. The number of hydrogen-bond donors (Lipinski definition) is 1. The Morgan fingerprint density at radius 3 is 2.02 bits per heavy atom. The van der Waals surface area contributed by atoms with Crippen molar-refractivity contribution in [1.29, 1.82) is 0 Å². The molecule has 1 aromatic heterocycles. The van der Waals surface area contributed by atoms with Gasteiger partial charge in [-0.25, -0.2) is 0 Å². The summed E-state index contributed by atoms with van der Waals surface area (Å²) in [6.45, 7) is 1.03. The summed E-state index contributed by atoms with van der Waals surface area (Å²) in [5.41, 5.74) is 8.40. The van der Waals surface area contributed by atoms with Gasteiger partial charge in [0.1, 0.15) is 5.75 Å². The van der Waals surface area contributed by atoms with Crippen molar-refractivity contribution >= 4 is 21.8 Å². The van der Waals surface area contributed by atoms with E-state index in [9.17, 15) is 0 Å². The first-order chi connectivity index (χ1) is 20.3. The van der Waals surface area contributed by atoms with Crippen LogP contribution < -0.4 is 4.74 Å². The standard InChI is InChI=1S/C38H37NO2/c40-26-10-3-1-2-4-11-27-41-33-24-22-32(23-25-33)39-37-21-9-8-18-35(37)36-20-13-19-34(38(36)39)31-17-12-16-30(28-31)29-14-6-5-7-15-29/h5-9,12-25,28,40H,1-4,10-11,26-27H2. The summed E-state index contributed by atoms with van der Waals surface area (Å²) in [6.07, 6.45) is 6.63. The summed E-state index contributed by atoms with van der Waals surface area (Å²) in [4.78, 5) is 0. The SMILES string of the molecule is OCCCCCCCCOc1ccc(-n2c3ccccc3c3cccc(-c4cccc(-c5ccccc5)c4)c32)cc1. The lowest BCUT2D eigenvalue weighted by molar-refractivity contribution is 0.280. The van der Waals surface area contributed by atoms with Crippen LogP contribution in [0.4, 0.5) is 0 Å². The molecule has 0 fully saturated rings. The summed E-state index contributed by atoms with van der Waals surface area (Å²) in [5, 5.41) is 11.4. The van der Waals surface area contributed by atoms with Crippen LogP contribution in [0.5, 0.6) is 5.75 Å². The molecule has 206 valence electrons. The molecule has 41 heavy (non-hydrogen) atoms. The van der Waals surface area contributed by atoms with Crippen LogP contribution in [0, 0.1) is 0 Å². The molecule has 0 aliphatic carbocycles. The molecule has 0 bridgehead atoms. The molecule has 6 aromatic rings. The Labute approximate surface area is 242 Å². The van der Waals surface area contributed by atoms with Gasteiger partial charge in [0.15, 0.2) is 0 Å². The quantitative estimate of drug-likeness (QED) is 0.157. The maximum atomic E-state index is 8.91. The molecule has 0 saturated carbocycles. The molecule has 3 heteroatoms. The highest BCUT2D eigenvalue weighted by atomic mass is 16.5. The van der Waals surface area contributed by atoms with Crippen LogP contribution >= 0.6 is 0 Å². The monoisotopic (exact) mass is 539 g/mol. The molecule has 0 saturated heterocycles. The second-order valence-corrected chi connectivity index (χ2v) is 10.7. The van der Waals surface area contributed by atoms with Crippen molar-refractivity contribution < 1.29 is 9.84 Å². The fourth-order valence-electron chi connectivity index (χ4n) is 5.82. The van der Waals surface area contributed by atoms with Crippen molar-refractivity contribution in [2.24, 2.45) is 0 Å². The van der Waals surface area contributed by atoms with Gasteiger partial charge in [0, 0.05) is 28.6 Å². The van der Waals surface area contributed by atoms with Crippen LogP contribution in [0.15, 0.2) is 121 Å². The number of unbranched alkanes of at least 4 members (excludes halogenated alkanes) is 5. The number of aromatic nitrogens is 1. The van der Waals surface area contributed by atoms with Crippen molar-refractivity contribution in [3.8, 4) is 33.7 Å². The number of hydrogen-bond acceptors (Lipinski definition) is 2. The Kier molecular flexibility index (Phi) is 8.44. The minimum absolute atomic E-state index is 0.302. The van der Waals surface area contributed by atoms with Crippen LogP contribution in [0.2, 0.25) is 0 Å². The third-order valence-electron chi connectivity index (χ3n) is 7.89. The lowest BCUT2D eigenvalue weighted by atomic mass is 9.97. The van der Waals surface area contributed by atoms with E-state index in [0.29, 0.717) is 6.61 Å². The smallest absolute Gasteiger partial charge is 0.119 e. The molecule has 0 aliphatic rings. The first-order valence-corrected chi connectivity index (χ1v) is 14.9. The normalized spacial score (nSPS) is 11.3. The van der Waals surface area contributed by atoms with E-state index in [0.717, 1.165) is 37.3 Å². The number of ether oxygens (including phenoxy) is 1. The third kappa shape index (κ3) is 5.91. The molecule has 1 heterocycles. The largest absolute Gasteiger partial charge is 0.494 e. The van der Waals surface area contributed by atoms with Gasteiger partial charge in [-0.15, -0.1) is 0 Å². The lowest BCUT2D eigenvalue weighted by Crippen LogP contribution is -1.99. The zero-order chi connectivity index (χ0) is 27.9. The highest BCUT2D eigenvalue weighted by Crippen LogP contribution is 2.39. The molecule has 0 unspecified atom stereocenters. The lowest BCUT2D eigenvalue weighted by Gasteiger charge is -2.13. The zero-order valence-electron chi connectivity index (χ0n) is 23.5. The second kappa shape index (κ2) is 12.9. The van der Waals surface area contributed by atoms with Gasteiger partial charge in [-0.2, -0.15) is 0 Å². The second-order valence-electron chi connectivity index (χ2n) is 10.7. The van der Waals surface area contributed by atoms with E-state index in [-0.39, 0.29) is 0 Å². The van der Waals surface area contributed by atoms with Crippen molar-refractivity contribution in [2.45, 2.75) is 38.5 Å². The van der Waals surface area contributed by atoms with Crippen molar-refractivity contribution in [2.75, 3.05) is 13.2 Å². The van der Waals surface area contributed by atoms with Crippen LogP contribution in [0.3, 0.4) is 0 Å². The maximum absolute atomic E-state index is 8.91. The number of nitrogens with zero attached hydrogens (tertiary/aromatic N) is 1. The minimum Gasteiger partial charge on any atom is -0.494 e. The number of aliphatic hydroxyl groups is 1. The highest BCUT2D eigenvalue weighted by Gasteiger charge is 2.16. The Bertz CT molecular complexity index is 1720. The molecule has 0 radical (unpaired) electrons. The van der Waals surface area contributed by atoms with Crippen LogP contribution in [0.25, 0.3) is 49.7 Å². The summed E-state index contributed by atoms with van der Waals surface area (Å²) >= 11 is 0. The molecular formula is C38H37NO2. The van der Waals surface area contributed by atoms with Gasteiger partial charge in [0.05, 0.1) is 17.6 Å². The number of aliphatic hydroxyl groups excluding tert-OH is 1. The first-order valence-electron chi connectivity index (χ1n) is 14.9. The summed E-state index contributed by atoms with van der Waals surface area (Å²) in [5.74, 6) is 0.908.